The minimum Gasteiger partial charge on any atom is -0.465 e. The molecule has 140 valence electrons. The van der Waals surface area contributed by atoms with Gasteiger partial charge in [0.2, 0.25) is 0 Å². The van der Waals surface area contributed by atoms with Gasteiger partial charge >= 0.3 is 23.8 Å². The molecule has 0 bridgehead atoms. The number of hydrogen-bond acceptors (Lipinski definition) is 6. The summed E-state index contributed by atoms with van der Waals surface area (Å²) >= 11 is 0. The standard InChI is InChI=1S/C19H18N2O6/c1-3-27-19(25)14-6-4-5-7-15(14)21-17(23)16(22)20-13-10-8-12(9-11-13)18(24)26-2/h4-11H,3H2,1-2H3,(H,20,22)(H,21,23). The van der Waals surface area contributed by atoms with Crippen molar-refractivity contribution in [1.29, 1.82) is 0 Å². The van der Waals surface area contributed by atoms with Crippen LogP contribution in [0.3, 0.4) is 0 Å². The zero-order chi connectivity index (χ0) is 19.8. The van der Waals surface area contributed by atoms with Crippen molar-refractivity contribution in [2.24, 2.45) is 0 Å². The molecule has 0 aromatic heterocycles. The average molecular weight is 370 g/mol. The summed E-state index contributed by atoms with van der Waals surface area (Å²) in [4.78, 5) is 47.5. The highest BCUT2D eigenvalue weighted by molar-refractivity contribution is 6.44. The van der Waals surface area contributed by atoms with E-state index in [1.807, 2.05) is 0 Å². The van der Waals surface area contributed by atoms with Crippen molar-refractivity contribution >= 4 is 35.1 Å². The fourth-order valence-electron chi connectivity index (χ4n) is 2.15. The number of anilines is 2. The van der Waals surface area contributed by atoms with Crippen molar-refractivity contribution in [1.82, 2.24) is 0 Å². The Balaban J connectivity index is 2.05. The number of rotatable bonds is 5. The Morgan fingerprint density at radius 3 is 2.11 bits per heavy atom. The van der Waals surface area contributed by atoms with Crippen molar-refractivity contribution in [2.75, 3.05) is 24.4 Å². The number of esters is 2. The topological polar surface area (TPSA) is 111 Å². The number of ether oxygens (including phenoxy) is 2. The first-order chi connectivity index (χ1) is 13.0. The summed E-state index contributed by atoms with van der Waals surface area (Å²) in [5, 5.41) is 4.78. The molecule has 0 unspecified atom stereocenters. The Hall–Kier alpha value is -3.68. The van der Waals surface area contributed by atoms with Gasteiger partial charge in [-0.1, -0.05) is 12.1 Å². The van der Waals surface area contributed by atoms with Crippen LogP contribution in [0, 0.1) is 0 Å². The number of methoxy groups -OCH3 is 1. The molecule has 2 rings (SSSR count). The van der Waals surface area contributed by atoms with Crippen molar-refractivity contribution < 1.29 is 28.7 Å². The van der Waals surface area contributed by atoms with Gasteiger partial charge in [0.25, 0.3) is 0 Å². The van der Waals surface area contributed by atoms with Crippen LogP contribution in [-0.2, 0) is 19.1 Å². The van der Waals surface area contributed by atoms with Gasteiger partial charge < -0.3 is 20.1 Å². The van der Waals surface area contributed by atoms with E-state index >= 15 is 0 Å². The van der Waals surface area contributed by atoms with Crippen molar-refractivity contribution in [3.05, 3.63) is 59.7 Å². The molecule has 0 saturated carbocycles. The zero-order valence-corrected chi connectivity index (χ0v) is 14.8. The van der Waals surface area contributed by atoms with Crippen molar-refractivity contribution in [3.63, 3.8) is 0 Å². The number of nitrogens with one attached hydrogen (secondary N) is 2. The Kier molecular flexibility index (Phi) is 6.65. The van der Waals surface area contributed by atoms with Crippen LogP contribution < -0.4 is 10.6 Å². The molecule has 8 heteroatoms. The van der Waals surface area contributed by atoms with Gasteiger partial charge in [-0.3, -0.25) is 9.59 Å². The van der Waals surface area contributed by atoms with E-state index < -0.39 is 23.8 Å². The van der Waals surface area contributed by atoms with Crippen LogP contribution in [0.4, 0.5) is 11.4 Å². The number of para-hydroxylation sites is 1. The summed E-state index contributed by atoms with van der Waals surface area (Å²) in [6, 6.07) is 12.0. The molecule has 0 heterocycles. The molecule has 0 fully saturated rings. The summed E-state index contributed by atoms with van der Waals surface area (Å²) in [5.41, 5.74) is 0.935. The first-order valence-corrected chi connectivity index (χ1v) is 8.03. The largest absolute Gasteiger partial charge is 0.465 e. The molecule has 0 atom stereocenters. The van der Waals surface area contributed by atoms with Gasteiger partial charge in [0.05, 0.1) is 30.5 Å². The summed E-state index contributed by atoms with van der Waals surface area (Å²) in [6.07, 6.45) is 0. The fourth-order valence-corrected chi connectivity index (χ4v) is 2.15. The Morgan fingerprint density at radius 1 is 0.852 bits per heavy atom. The highest BCUT2D eigenvalue weighted by Crippen LogP contribution is 2.16. The molecule has 0 spiro atoms. The number of amides is 2. The van der Waals surface area contributed by atoms with Crippen molar-refractivity contribution in [2.45, 2.75) is 6.92 Å². The predicted molar refractivity (Wildman–Crippen MR) is 97.4 cm³/mol. The molecule has 0 radical (unpaired) electrons. The second-order valence-electron chi connectivity index (χ2n) is 5.24. The van der Waals surface area contributed by atoms with Crippen LogP contribution in [0.25, 0.3) is 0 Å². The van der Waals surface area contributed by atoms with E-state index in [-0.39, 0.29) is 17.9 Å². The van der Waals surface area contributed by atoms with E-state index in [9.17, 15) is 19.2 Å². The lowest BCUT2D eigenvalue weighted by molar-refractivity contribution is -0.133. The lowest BCUT2D eigenvalue weighted by atomic mass is 10.1. The zero-order valence-electron chi connectivity index (χ0n) is 14.8. The van der Waals surface area contributed by atoms with Crippen LogP contribution in [0.1, 0.15) is 27.6 Å². The Morgan fingerprint density at radius 2 is 1.48 bits per heavy atom. The molecule has 2 aromatic rings. The van der Waals surface area contributed by atoms with E-state index in [0.717, 1.165) is 0 Å². The summed E-state index contributed by atoms with van der Waals surface area (Å²) < 4.78 is 9.50. The maximum atomic E-state index is 12.1. The predicted octanol–water partition coefficient (Wildman–Crippen LogP) is 2.23. The van der Waals surface area contributed by atoms with E-state index in [4.69, 9.17) is 4.74 Å². The highest BCUT2D eigenvalue weighted by atomic mass is 16.5. The van der Waals surface area contributed by atoms with Gasteiger partial charge in [-0.25, -0.2) is 9.59 Å². The van der Waals surface area contributed by atoms with Gasteiger partial charge in [0, 0.05) is 5.69 Å². The maximum absolute atomic E-state index is 12.1. The van der Waals surface area contributed by atoms with Crippen LogP contribution in [0.2, 0.25) is 0 Å². The van der Waals surface area contributed by atoms with E-state index in [2.05, 4.69) is 15.4 Å². The number of carbonyl (C=O) groups excluding carboxylic acids is 4. The molecule has 0 aliphatic carbocycles. The second-order valence-corrected chi connectivity index (χ2v) is 5.24. The monoisotopic (exact) mass is 370 g/mol. The maximum Gasteiger partial charge on any atom is 0.340 e. The summed E-state index contributed by atoms with van der Waals surface area (Å²) in [5.74, 6) is -3.00. The van der Waals surface area contributed by atoms with Gasteiger partial charge in [-0.2, -0.15) is 0 Å². The third-order valence-corrected chi connectivity index (χ3v) is 3.44. The minimum absolute atomic E-state index is 0.142. The van der Waals surface area contributed by atoms with Crippen LogP contribution >= 0.6 is 0 Å². The first kappa shape index (κ1) is 19.6. The SMILES string of the molecule is CCOC(=O)c1ccccc1NC(=O)C(=O)Nc1ccc(C(=O)OC)cc1. The number of benzene rings is 2. The highest BCUT2D eigenvalue weighted by Gasteiger charge is 2.18. The number of carbonyl (C=O) groups is 4. The Bertz CT molecular complexity index is 861. The molecular weight excluding hydrogens is 352 g/mol. The minimum atomic E-state index is -0.955. The van der Waals surface area contributed by atoms with E-state index in [0.29, 0.717) is 11.3 Å². The lowest BCUT2D eigenvalue weighted by Crippen LogP contribution is -2.29. The molecule has 0 aliphatic heterocycles. The fraction of sp³-hybridized carbons (Fsp3) is 0.158. The smallest absolute Gasteiger partial charge is 0.340 e. The van der Waals surface area contributed by atoms with Gasteiger partial charge in [-0.15, -0.1) is 0 Å². The molecule has 0 aliphatic rings. The van der Waals surface area contributed by atoms with Crippen LogP contribution in [0.5, 0.6) is 0 Å². The molecule has 2 N–H and O–H groups in total. The van der Waals surface area contributed by atoms with Gasteiger partial charge in [0.1, 0.15) is 0 Å². The molecule has 8 nitrogen and oxygen atoms in total. The third-order valence-electron chi connectivity index (χ3n) is 3.44. The van der Waals surface area contributed by atoms with Crippen LogP contribution in [0.15, 0.2) is 48.5 Å². The first-order valence-electron chi connectivity index (χ1n) is 8.03. The van der Waals surface area contributed by atoms with Crippen molar-refractivity contribution in [3.8, 4) is 0 Å². The normalized spacial score (nSPS) is 9.85. The molecule has 2 aromatic carbocycles. The van der Waals surface area contributed by atoms with Gasteiger partial charge in [-0.05, 0) is 43.3 Å². The lowest BCUT2D eigenvalue weighted by Gasteiger charge is -2.10. The summed E-state index contributed by atoms with van der Waals surface area (Å²) in [7, 11) is 1.26. The quantitative estimate of drug-likeness (QED) is 0.617. The third kappa shape index (κ3) is 5.15. The average Bonchev–Trinajstić information content (AvgIpc) is 2.68. The second kappa shape index (κ2) is 9.14. The Labute approximate surface area is 155 Å². The van der Waals surface area contributed by atoms with Crippen LogP contribution in [-0.4, -0.2) is 37.5 Å². The molecule has 2 amide bonds. The summed E-state index contributed by atoms with van der Waals surface area (Å²) in [6.45, 7) is 1.85. The van der Waals surface area contributed by atoms with E-state index in [1.54, 1.807) is 19.1 Å². The molecular formula is C19H18N2O6. The molecule has 0 saturated heterocycles. The molecule has 27 heavy (non-hydrogen) atoms. The van der Waals surface area contributed by atoms with E-state index in [1.165, 1.54) is 43.5 Å². The van der Waals surface area contributed by atoms with Gasteiger partial charge in [0.15, 0.2) is 0 Å². The number of hydrogen-bond donors (Lipinski definition) is 2.